The molecule has 0 fully saturated rings. The zero-order chi connectivity index (χ0) is 19.8. The Morgan fingerprint density at radius 1 is 1.04 bits per heavy atom. The zero-order valence-corrected chi connectivity index (χ0v) is 14.5. The number of hydrogen-bond acceptors (Lipinski definition) is 6. The van der Waals surface area contributed by atoms with E-state index in [1.165, 1.54) is 44.6 Å². The molecule has 0 spiro atoms. The number of carbonyl (C=O) groups is 2. The molecule has 144 valence electrons. The molecule has 0 aliphatic rings. The summed E-state index contributed by atoms with van der Waals surface area (Å²) in [5.74, 6) is -1.10. The number of rotatable bonds is 8. The number of amides is 1. The molecule has 0 unspecified atom stereocenters. The standard InChI is InChI=1S/C18H17F2NO6/c1-24-11-7-8-15(25-2)13(9-11)21-16(22)10-26-17(23)12-5-3-4-6-14(12)27-18(19)20/h3-9,18H,10H2,1-2H3,(H,21,22). The van der Waals surface area contributed by atoms with E-state index in [-0.39, 0.29) is 11.3 Å². The van der Waals surface area contributed by atoms with Gasteiger partial charge in [-0.15, -0.1) is 0 Å². The first kappa shape index (κ1) is 20.0. The van der Waals surface area contributed by atoms with Crippen molar-refractivity contribution in [2.45, 2.75) is 6.61 Å². The van der Waals surface area contributed by atoms with Crippen molar-refractivity contribution in [2.75, 3.05) is 26.1 Å². The van der Waals surface area contributed by atoms with Crippen molar-refractivity contribution in [1.29, 1.82) is 0 Å². The molecule has 9 heteroatoms. The number of methoxy groups -OCH3 is 2. The molecule has 0 atom stereocenters. The first-order chi connectivity index (χ1) is 12.9. The maximum atomic E-state index is 12.4. The summed E-state index contributed by atoms with van der Waals surface area (Å²) in [6, 6.07) is 10.1. The maximum Gasteiger partial charge on any atom is 0.387 e. The van der Waals surface area contributed by atoms with Gasteiger partial charge in [-0.2, -0.15) is 8.78 Å². The van der Waals surface area contributed by atoms with Gasteiger partial charge in [0.05, 0.1) is 19.9 Å². The van der Waals surface area contributed by atoms with Gasteiger partial charge in [0.15, 0.2) is 6.61 Å². The Bertz CT molecular complexity index is 812. The number of para-hydroxylation sites is 1. The summed E-state index contributed by atoms with van der Waals surface area (Å²) in [6.07, 6.45) is 0. The smallest absolute Gasteiger partial charge is 0.387 e. The number of hydrogen-bond donors (Lipinski definition) is 1. The van der Waals surface area contributed by atoms with Gasteiger partial charge in [0, 0.05) is 6.07 Å². The van der Waals surface area contributed by atoms with Crippen LogP contribution in [-0.2, 0) is 9.53 Å². The molecule has 2 aromatic carbocycles. The van der Waals surface area contributed by atoms with Crippen LogP contribution in [0.1, 0.15) is 10.4 Å². The second-order valence-electron chi connectivity index (χ2n) is 5.07. The summed E-state index contributed by atoms with van der Waals surface area (Å²) in [6.45, 7) is -3.73. The molecule has 0 aliphatic heterocycles. The Balaban J connectivity index is 2.01. The quantitative estimate of drug-likeness (QED) is 0.708. The lowest BCUT2D eigenvalue weighted by Crippen LogP contribution is -2.21. The van der Waals surface area contributed by atoms with E-state index >= 15 is 0 Å². The summed E-state index contributed by atoms with van der Waals surface area (Å²) in [5.41, 5.74) is 0.101. The molecular weight excluding hydrogens is 364 g/mol. The molecule has 1 N–H and O–H groups in total. The van der Waals surface area contributed by atoms with Crippen LogP contribution in [0.15, 0.2) is 42.5 Å². The third-order valence-corrected chi connectivity index (χ3v) is 3.34. The lowest BCUT2D eigenvalue weighted by atomic mass is 10.2. The van der Waals surface area contributed by atoms with E-state index in [4.69, 9.17) is 14.2 Å². The first-order valence-electron chi connectivity index (χ1n) is 7.67. The van der Waals surface area contributed by atoms with Crippen molar-refractivity contribution in [3.8, 4) is 17.2 Å². The summed E-state index contributed by atoms with van der Waals surface area (Å²) >= 11 is 0. The van der Waals surface area contributed by atoms with Crippen molar-refractivity contribution in [2.24, 2.45) is 0 Å². The molecule has 0 bridgehead atoms. The van der Waals surface area contributed by atoms with Gasteiger partial charge in [0.25, 0.3) is 5.91 Å². The fourth-order valence-electron chi connectivity index (χ4n) is 2.14. The summed E-state index contributed by atoms with van der Waals surface area (Å²) in [7, 11) is 2.89. The Labute approximate surface area is 153 Å². The van der Waals surface area contributed by atoms with Crippen LogP contribution in [0.3, 0.4) is 0 Å². The largest absolute Gasteiger partial charge is 0.497 e. The van der Waals surface area contributed by atoms with Gasteiger partial charge in [0.2, 0.25) is 0 Å². The minimum Gasteiger partial charge on any atom is -0.497 e. The first-order valence-corrected chi connectivity index (χ1v) is 7.67. The highest BCUT2D eigenvalue weighted by Crippen LogP contribution is 2.28. The molecule has 27 heavy (non-hydrogen) atoms. The second kappa shape index (κ2) is 9.37. The maximum absolute atomic E-state index is 12.4. The van der Waals surface area contributed by atoms with Gasteiger partial charge in [-0.05, 0) is 24.3 Å². The number of benzene rings is 2. The van der Waals surface area contributed by atoms with Crippen molar-refractivity contribution >= 4 is 17.6 Å². The van der Waals surface area contributed by atoms with Gasteiger partial charge < -0.3 is 24.3 Å². The van der Waals surface area contributed by atoms with E-state index in [0.29, 0.717) is 17.2 Å². The van der Waals surface area contributed by atoms with Crippen LogP contribution < -0.4 is 19.5 Å². The molecule has 7 nitrogen and oxygen atoms in total. The molecule has 0 saturated carbocycles. The average molecular weight is 381 g/mol. The molecule has 2 rings (SSSR count). The topological polar surface area (TPSA) is 83.1 Å². The number of nitrogens with one attached hydrogen (secondary N) is 1. The fraction of sp³-hybridized carbons (Fsp3) is 0.222. The van der Waals surface area contributed by atoms with Gasteiger partial charge in [-0.25, -0.2) is 4.79 Å². The third-order valence-electron chi connectivity index (χ3n) is 3.34. The normalized spacial score (nSPS) is 10.3. The van der Waals surface area contributed by atoms with Gasteiger partial charge in [-0.1, -0.05) is 12.1 Å². The number of alkyl halides is 2. The Morgan fingerprint density at radius 2 is 1.78 bits per heavy atom. The van der Waals surface area contributed by atoms with E-state index < -0.39 is 25.1 Å². The fourth-order valence-corrected chi connectivity index (χ4v) is 2.14. The molecule has 0 aliphatic carbocycles. The summed E-state index contributed by atoms with van der Waals surface area (Å²) in [5, 5.41) is 2.52. The number of anilines is 1. The van der Waals surface area contributed by atoms with E-state index in [1.807, 2.05) is 0 Å². The molecule has 1 amide bonds. The van der Waals surface area contributed by atoms with Crippen molar-refractivity contribution in [3.63, 3.8) is 0 Å². The van der Waals surface area contributed by atoms with E-state index in [0.717, 1.165) is 0 Å². The SMILES string of the molecule is COc1ccc(OC)c(NC(=O)COC(=O)c2ccccc2OC(F)F)c1. The van der Waals surface area contributed by atoms with Crippen molar-refractivity contribution < 1.29 is 37.3 Å². The molecule has 2 aromatic rings. The second-order valence-corrected chi connectivity index (χ2v) is 5.07. The number of carbonyl (C=O) groups excluding carboxylic acids is 2. The lowest BCUT2D eigenvalue weighted by Gasteiger charge is -2.12. The Kier molecular flexibility index (Phi) is 6.93. The van der Waals surface area contributed by atoms with Gasteiger partial charge >= 0.3 is 12.6 Å². The van der Waals surface area contributed by atoms with E-state index in [9.17, 15) is 18.4 Å². The van der Waals surface area contributed by atoms with Crippen LogP contribution in [0.2, 0.25) is 0 Å². The van der Waals surface area contributed by atoms with E-state index in [1.54, 1.807) is 12.1 Å². The molecular formula is C18H17F2NO6. The molecule has 0 saturated heterocycles. The lowest BCUT2D eigenvalue weighted by molar-refractivity contribution is -0.119. The average Bonchev–Trinajstić information content (AvgIpc) is 2.66. The highest BCUT2D eigenvalue weighted by atomic mass is 19.3. The van der Waals surface area contributed by atoms with Crippen LogP contribution in [0.25, 0.3) is 0 Å². The van der Waals surface area contributed by atoms with Gasteiger partial charge in [-0.3, -0.25) is 4.79 Å². The predicted octanol–water partition coefficient (Wildman–Crippen LogP) is 3.10. The van der Waals surface area contributed by atoms with Crippen molar-refractivity contribution in [1.82, 2.24) is 0 Å². The third kappa shape index (κ3) is 5.56. The van der Waals surface area contributed by atoms with Gasteiger partial charge in [0.1, 0.15) is 22.8 Å². The van der Waals surface area contributed by atoms with Crippen LogP contribution in [0.5, 0.6) is 17.2 Å². The molecule has 0 heterocycles. The van der Waals surface area contributed by atoms with Crippen LogP contribution in [-0.4, -0.2) is 39.3 Å². The van der Waals surface area contributed by atoms with Crippen molar-refractivity contribution in [3.05, 3.63) is 48.0 Å². The monoisotopic (exact) mass is 381 g/mol. The summed E-state index contributed by atoms with van der Waals surface area (Å²) in [4.78, 5) is 24.1. The number of halogens is 2. The predicted molar refractivity (Wildman–Crippen MR) is 91.5 cm³/mol. The minimum absolute atomic E-state index is 0.218. The highest BCUT2D eigenvalue weighted by molar-refractivity contribution is 5.97. The molecule has 0 aromatic heterocycles. The Hall–Kier alpha value is -3.36. The van der Waals surface area contributed by atoms with Crippen LogP contribution in [0.4, 0.5) is 14.5 Å². The van der Waals surface area contributed by atoms with E-state index in [2.05, 4.69) is 10.1 Å². The molecule has 0 radical (unpaired) electrons. The minimum atomic E-state index is -3.09. The van der Waals surface area contributed by atoms with Crippen LogP contribution in [0, 0.1) is 0 Å². The number of ether oxygens (including phenoxy) is 4. The van der Waals surface area contributed by atoms with Crippen LogP contribution >= 0.6 is 0 Å². The number of esters is 1. The highest BCUT2D eigenvalue weighted by Gasteiger charge is 2.18. The zero-order valence-electron chi connectivity index (χ0n) is 14.5. The Morgan fingerprint density at radius 3 is 2.44 bits per heavy atom. The summed E-state index contributed by atoms with van der Waals surface area (Å²) < 4.78 is 44.1.